The van der Waals surface area contributed by atoms with E-state index < -0.39 is 41.3 Å². The lowest BCUT2D eigenvalue weighted by atomic mass is 10.0. The van der Waals surface area contributed by atoms with Crippen molar-refractivity contribution in [2.45, 2.75) is 38.2 Å². The number of carboxylic acids is 1. The van der Waals surface area contributed by atoms with Crippen molar-refractivity contribution in [1.29, 1.82) is 0 Å². The molecule has 0 aliphatic heterocycles. The van der Waals surface area contributed by atoms with Crippen molar-refractivity contribution in [3.05, 3.63) is 53.1 Å². The average molecular weight is 452 g/mol. The summed E-state index contributed by atoms with van der Waals surface area (Å²) in [5, 5.41) is 18.4. The van der Waals surface area contributed by atoms with Gasteiger partial charge in [-0.1, -0.05) is 6.07 Å². The number of carbonyl (C=O) groups is 1. The number of aliphatic carboxylic acids is 1. The maximum Gasteiger partial charge on any atom is 0.418 e. The highest BCUT2D eigenvalue weighted by molar-refractivity contribution is 5.67. The number of aryl methyl sites for hydroxylation is 1. The number of carboxylic acid groups (broad SMARTS) is 1. The van der Waals surface area contributed by atoms with Crippen LogP contribution in [0, 0.1) is 0 Å². The number of hydrogen-bond donors (Lipinski definition) is 2. The summed E-state index contributed by atoms with van der Waals surface area (Å²) in [4.78, 5) is 10.8. The van der Waals surface area contributed by atoms with Crippen LogP contribution >= 0.6 is 0 Å². The molecule has 1 atom stereocenters. The van der Waals surface area contributed by atoms with Crippen LogP contribution in [0.5, 0.6) is 17.2 Å². The van der Waals surface area contributed by atoms with Crippen LogP contribution in [0.3, 0.4) is 0 Å². The lowest BCUT2D eigenvalue weighted by Gasteiger charge is -2.20. The van der Waals surface area contributed by atoms with E-state index in [1.807, 2.05) is 0 Å². The Morgan fingerprint density at radius 1 is 1.03 bits per heavy atom. The summed E-state index contributed by atoms with van der Waals surface area (Å²) in [6.45, 7) is 1.85. The van der Waals surface area contributed by atoms with Crippen LogP contribution in [0.15, 0.2) is 36.4 Å². The average Bonchev–Trinajstić information content (AvgIpc) is 2.65. The van der Waals surface area contributed by atoms with Gasteiger partial charge < -0.3 is 19.7 Å². The lowest BCUT2D eigenvalue weighted by Crippen LogP contribution is -2.21. The van der Waals surface area contributed by atoms with Gasteiger partial charge in [-0.25, -0.2) is 0 Å². The first-order valence-electron chi connectivity index (χ1n) is 8.94. The summed E-state index contributed by atoms with van der Waals surface area (Å²) in [5.41, 5.74) is -1.98. The predicted molar refractivity (Wildman–Crippen MR) is 96.1 cm³/mol. The number of aliphatic hydroxyl groups is 1. The molecule has 2 aromatic carbocycles. The molecule has 0 aliphatic carbocycles. The second-order valence-electron chi connectivity index (χ2n) is 6.39. The van der Waals surface area contributed by atoms with Crippen LogP contribution in [0.2, 0.25) is 0 Å². The monoisotopic (exact) mass is 452 g/mol. The van der Waals surface area contributed by atoms with E-state index in [0.29, 0.717) is 17.7 Å². The van der Waals surface area contributed by atoms with Crippen LogP contribution in [-0.2, 0) is 17.4 Å². The summed E-state index contributed by atoms with van der Waals surface area (Å²) >= 11 is 0. The summed E-state index contributed by atoms with van der Waals surface area (Å²) in [7, 11) is 0. The van der Waals surface area contributed by atoms with E-state index in [1.165, 1.54) is 18.2 Å². The van der Waals surface area contributed by atoms with Crippen molar-refractivity contribution >= 4 is 5.97 Å². The molecule has 170 valence electrons. The summed E-state index contributed by atoms with van der Waals surface area (Å²) < 4.78 is 88.5. The Morgan fingerprint density at radius 2 is 1.71 bits per heavy atom. The summed E-state index contributed by atoms with van der Waals surface area (Å²) in [6.07, 6.45) is -13.4. The van der Waals surface area contributed by atoms with Crippen LogP contribution in [0.1, 0.15) is 36.1 Å². The quantitative estimate of drug-likeness (QED) is 0.517. The Kier molecular flexibility index (Phi) is 7.42. The molecule has 5 nitrogen and oxygen atoms in total. The smallest absolute Gasteiger partial charge is 0.418 e. The van der Waals surface area contributed by atoms with Gasteiger partial charge in [0.25, 0.3) is 0 Å². The molecule has 0 aromatic heterocycles. The van der Waals surface area contributed by atoms with Crippen molar-refractivity contribution < 1.29 is 50.8 Å². The molecule has 0 fully saturated rings. The van der Waals surface area contributed by atoms with Gasteiger partial charge in [0.15, 0.2) is 6.10 Å². The maximum atomic E-state index is 13.0. The normalized spacial score (nSPS) is 13.0. The number of rotatable bonds is 8. The Bertz CT molecular complexity index is 923. The lowest BCUT2D eigenvalue weighted by molar-refractivity contribution is -0.207. The minimum absolute atomic E-state index is 0.0714. The predicted octanol–water partition coefficient (Wildman–Crippen LogP) is 5.51. The third-order valence-corrected chi connectivity index (χ3v) is 4.12. The topological polar surface area (TPSA) is 76.0 Å². The van der Waals surface area contributed by atoms with Gasteiger partial charge in [-0.2, -0.15) is 26.3 Å². The molecule has 0 saturated carbocycles. The van der Waals surface area contributed by atoms with Crippen LogP contribution in [0.25, 0.3) is 0 Å². The standard InChI is InChI=1S/C20H18F6O5/c1-2-30-16-10-13(6-3-11(16)4-8-17(27)28)31-15-7-5-12(19(21,22)23)9-14(15)18(29)20(24,25)26/h3,5-7,9-10,18,29H,2,4,8H2,1H3,(H,27,28). The molecular weight excluding hydrogens is 434 g/mol. The van der Waals surface area contributed by atoms with Crippen molar-refractivity contribution in [2.75, 3.05) is 6.61 Å². The van der Waals surface area contributed by atoms with Crippen molar-refractivity contribution in [1.82, 2.24) is 0 Å². The van der Waals surface area contributed by atoms with Gasteiger partial charge in [0.05, 0.1) is 12.2 Å². The zero-order valence-corrected chi connectivity index (χ0v) is 16.0. The molecule has 0 heterocycles. The Labute approximate surface area is 172 Å². The molecule has 2 N–H and O–H groups in total. The van der Waals surface area contributed by atoms with Gasteiger partial charge in [-0.3, -0.25) is 4.79 Å². The van der Waals surface area contributed by atoms with Crippen molar-refractivity contribution in [2.24, 2.45) is 0 Å². The molecule has 2 rings (SSSR count). The first kappa shape index (κ1) is 24.3. The van der Waals surface area contributed by atoms with Gasteiger partial charge >= 0.3 is 18.3 Å². The van der Waals surface area contributed by atoms with E-state index >= 15 is 0 Å². The molecule has 0 saturated heterocycles. The van der Waals surface area contributed by atoms with Gasteiger partial charge in [0, 0.05) is 18.1 Å². The van der Waals surface area contributed by atoms with E-state index in [2.05, 4.69) is 0 Å². The molecule has 2 aromatic rings. The fourth-order valence-corrected chi connectivity index (χ4v) is 2.67. The molecule has 0 bridgehead atoms. The third kappa shape index (κ3) is 6.51. The fraction of sp³-hybridized carbons (Fsp3) is 0.350. The van der Waals surface area contributed by atoms with Crippen molar-refractivity contribution in [3.63, 3.8) is 0 Å². The largest absolute Gasteiger partial charge is 0.493 e. The highest BCUT2D eigenvalue weighted by atomic mass is 19.4. The molecule has 0 amide bonds. The number of benzene rings is 2. The third-order valence-electron chi connectivity index (χ3n) is 4.12. The minimum atomic E-state index is -5.22. The SMILES string of the molecule is CCOc1cc(Oc2ccc(C(F)(F)F)cc2C(O)C(F)(F)F)ccc1CCC(=O)O. The molecular formula is C20H18F6O5. The Hall–Kier alpha value is -2.95. The first-order chi connectivity index (χ1) is 14.3. The molecule has 0 radical (unpaired) electrons. The number of alkyl halides is 6. The van der Waals surface area contributed by atoms with Gasteiger partial charge in [0.2, 0.25) is 0 Å². The van der Waals surface area contributed by atoms with Gasteiger partial charge in [-0.15, -0.1) is 0 Å². The van der Waals surface area contributed by atoms with E-state index in [-0.39, 0.29) is 37.0 Å². The Morgan fingerprint density at radius 3 is 2.26 bits per heavy atom. The highest BCUT2D eigenvalue weighted by Crippen LogP contribution is 2.42. The van der Waals surface area contributed by atoms with Gasteiger partial charge in [-0.05, 0) is 43.2 Å². The van der Waals surface area contributed by atoms with Gasteiger partial charge in [0.1, 0.15) is 17.2 Å². The van der Waals surface area contributed by atoms with Crippen LogP contribution in [0.4, 0.5) is 26.3 Å². The van der Waals surface area contributed by atoms with Crippen LogP contribution < -0.4 is 9.47 Å². The number of ether oxygens (including phenoxy) is 2. The molecule has 0 spiro atoms. The van der Waals surface area contributed by atoms with E-state index in [9.17, 15) is 36.2 Å². The highest BCUT2D eigenvalue weighted by Gasteiger charge is 2.42. The first-order valence-corrected chi connectivity index (χ1v) is 8.94. The number of aliphatic hydroxyl groups excluding tert-OH is 1. The minimum Gasteiger partial charge on any atom is -0.493 e. The van der Waals surface area contributed by atoms with E-state index in [0.717, 1.165) is 0 Å². The number of halogens is 6. The molecule has 11 heteroatoms. The van der Waals surface area contributed by atoms with E-state index in [4.69, 9.17) is 14.6 Å². The Balaban J connectivity index is 2.44. The zero-order valence-electron chi connectivity index (χ0n) is 16.0. The van der Waals surface area contributed by atoms with Crippen molar-refractivity contribution in [3.8, 4) is 17.2 Å². The second-order valence-corrected chi connectivity index (χ2v) is 6.39. The fourth-order valence-electron chi connectivity index (χ4n) is 2.67. The molecule has 1 unspecified atom stereocenters. The zero-order chi connectivity index (χ0) is 23.4. The summed E-state index contributed by atoms with van der Waals surface area (Å²) in [6, 6.07) is 5.42. The molecule has 31 heavy (non-hydrogen) atoms. The number of hydrogen-bond acceptors (Lipinski definition) is 4. The second kappa shape index (κ2) is 9.46. The van der Waals surface area contributed by atoms with E-state index in [1.54, 1.807) is 6.92 Å². The molecule has 0 aliphatic rings. The van der Waals surface area contributed by atoms with Crippen LogP contribution in [-0.4, -0.2) is 29.0 Å². The maximum absolute atomic E-state index is 13.0. The summed E-state index contributed by atoms with van der Waals surface area (Å²) in [5.74, 6) is -1.53.